The van der Waals surface area contributed by atoms with Gasteiger partial charge in [0, 0.05) is 41.0 Å². The zero-order chi connectivity index (χ0) is 13.5. The van der Waals surface area contributed by atoms with Crippen molar-refractivity contribution in [2.75, 3.05) is 60.8 Å². The van der Waals surface area contributed by atoms with Crippen LogP contribution in [0, 0.1) is 0 Å². The molecular weight excluding hydrogens is 361 g/mol. The van der Waals surface area contributed by atoms with Crippen molar-refractivity contribution in [3.05, 3.63) is 0 Å². The van der Waals surface area contributed by atoms with Gasteiger partial charge >= 0.3 is 0 Å². The van der Waals surface area contributed by atoms with Gasteiger partial charge in [-0.1, -0.05) is 0 Å². The molecule has 0 aliphatic carbocycles. The summed E-state index contributed by atoms with van der Waals surface area (Å²) in [6.45, 7) is 4.43. The highest BCUT2D eigenvalue weighted by molar-refractivity contribution is 14.0. The lowest BCUT2D eigenvalue weighted by Gasteiger charge is -2.11. The smallest absolute Gasteiger partial charge is 0.191 e. The van der Waals surface area contributed by atoms with Crippen LogP contribution >= 0.6 is 24.0 Å². The highest BCUT2D eigenvalue weighted by atomic mass is 127. The Hall–Kier alpha value is -0.120. The van der Waals surface area contributed by atoms with Crippen LogP contribution in [0.2, 0.25) is 0 Å². The van der Waals surface area contributed by atoms with Crippen LogP contribution in [0.3, 0.4) is 0 Å². The molecule has 0 amide bonds. The molecule has 0 saturated heterocycles. The molecule has 0 aromatic carbocycles. The minimum Gasteiger partial charge on any atom is -0.383 e. The third-order valence-electron chi connectivity index (χ3n) is 2.26. The summed E-state index contributed by atoms with van der Waals surface area (Å²) in [6.07, 6.45) is 2.09. The Balaban J connectivity index is 0. The summed E-state index contributed by atoms with van der Waals surface area (Å²) in [5, 5.41) is 6.39. The zero-order valence-corrected chi connectivity index (χ0v) is 14.6. The van der Waals surface area contributed by atoms with Crippen LogP contribution in [0.1, 0.15) is 12.8 Å². The van der Waals surface area contributed by atoms with Crippen molar-refractivity contribution in [3.63, 3.8) is 0 Å². The largest absolute Gasteiger partial charge is 0.383 e. The summed E-state index contributed by atoms with van der Waals surface area (Å²) in [5.74, 6) is 0.812. The van der Waals surface area contributed by atoms with Gasteiger partial charge in [-0.3, -0.25) is 4.99 Å². The fraction of sp³-hybridized carbons (Fsp3) is 0.917. The molecule has 0 atom stereocenters. The molecule has 6 nitrogen and oxygen atoms in total. The number of ether oxygens (including phenoxy) is 3. The maximum atomic E-state index is 5.37. The van der Waals surface area contributed by atoms with Gasteiger partial charge in [0.25, 0.3) is 0 Å². The standard InChI is InChI=1S/C12H27N3O3.HI/c1-13-12(15-7-9-16-2)14-6-4-5-8-18-11-10-17-3;/h4-11H2,1-3H3,(H2,13,14,15);1H. The molecular formula is C12H28IN3O3. The quantitative estimate of drug-likeness (QED) is 0.238. The van der Waals surface area contributed by atoms with E-state index in [0.717, 1.165) is 38.5 Å². The molecule has 116 valence electrons. The Bertz CT molecular complexity index is 207. The Morgan fingerprint density at radius 3 is 2.21 bits per heavy atom. The summed E-state index contributed by atoms with van der Waals surface area (Å²) in [6, 6.07) is 0. The lowest BCUT2D eigenvalue weighted by atomic mass is 10.3. The first-order chi connectivity index (χ1) is 8.85. The third-order valence-corrected chi connectivity index (χ3v) is 2.26. The van der Waals surface area contributed by atoms with Gasteiger partial charge in [-0.25, -0.2) is 0 Å². The van der Waals surface area contributed by atoms with Crippen LogP contribution in [-0.4, -0.2) is 66.7 Å². The van der Waals surface area contributed by atoms with Gasteiger partial charge in [0.2, 0.25) is 0 Å². The van der Waals surface area contributed by atoms with Crippen molar-refractivity contribution in [2.24, 2.45) is 4.99 Å². The third kappa shape index (κ3) is 15.8. The lowest BCUT2D eigenvalue weighted by molar-refractivity contribution is 0.0689. The number of hydrogen-bond acceptors (Lipinski definition) is 4. The molecule has 0 aromatic rings. The number of methoxy groups -OCH3 is 2. The molecule has 0 saturated carbocycles. The minimum absolute atomic E-state index is 0. The van der Waals surface area contributed by atoms with Crippen LogP contribution in [-0.2, 0) is 14.2 Å². The number of unbranched alkanes of at least 4 members (excludes halogenated alkanes) is 1. The first kappa shape index (κ1) is 21.2. The van der Waals surface area contributed by atoms with Crippen molar-refractivity contribution in [2.45, 2.75) is 12.8 Å². The van der Waals surface area contributed by atoms with Crippen molar-refractivity contribution < 1.29 is 14.2 Å². The molecule has 0 radical (unpaired) electrons. The van der Waals surface area contributed by atoms with Crippen LogP contribution in [0.15, 0.2) is 4.99 Å². The Morgan fingerprint density at radius 1 is 0.895 bits per heavy atom. The van der Waals surface area contributed by atoms with E-state index < -0.39 is 0 Å². The van der Waals surface area contributed by atoms with Gasteiger partial charge in [0.1, 0.15) is 0 Å². The van der Waals surface area contributed by atoms with Crippen molar-refractivity contribution in [1.29, 1.82) is 0 Å². The van der Waals surface area contributed by atoms with Gasteiger partial charge in [-0.2, -0.15) is 0 Å². The van der Waals surface area contributed by atoms with Gasteiger partial charge in [-0.05, 0) is 12.8 Å². The molecule has 0 unspecified atom stereocenters. The fourth-order valence-corrected chi connectivity index (χ4v) is 1.27. The zero-order valence-electron chi connectivity index (χ0n) is 12.2. The predicted molar refractivity (Wildman–Crippen MR) is 88.6 cm³/mol. The summed E-state index contributed by atoms with van der Waals surface area (Å²) in [5.41, 5.74) is 0. The average Bonchev–Trinajstić information content (AvgIpc) is 2.40. The fourth-order valence-electron chi connectivity index (χ4n) is 1.27. The Labute approximate surface area is 133 Å². The van der Waals surface area contributed by atoms with E-state index in [9.17, 15) is 0 Å². The lowest BCUT2D eigenvalue weighted by Crippen LogP contribution is -2.39. The molecule has 7 heteroatoms. The van der Waals surface area contributed by atoms with Crippen LogP contribution in [0.5, 0.6) is 0 Å². The second-order valence-electron chi connectivity index (χ2n) is 3.73. The Kier molecular flexibility index (Phi) is 19.9. The maximum Gasteiger partial charge on any atom is 0.191 e. The van der Waals surface area contributed by atoms with Gasteiger partial charge < -0.3 is 24.8 Å². The summed E-state index contributed by atoms with van der Waals surface area (Å²) in [7, 11) is 5.12. The molecule has 0 bridgehead atoms. The predicted octanol–water partition coefficient (Wildman–Crippen LogP) is 0.859. The van der Waals surface area contributed by atoms with Gasteiger partial charge in [0.15, 0.2) is 5.96 Å². The van der Waals surface area contributed by atoms with E-state index in [1.165, 1.54) is 0 Å². The highest BCUT2D eigenvalue weighted by Gasteiger charge is 1.96. The first-order valence-electron chi connectivity index (χ1n) is 6.35. The molecule has 2 N–H and O–H groups in total. The summed E-state index contributed by atoms with van der Waals surface area (Å²) < 4.78 is 15.2. The number of hydrogen-bond donors (Lipinski definition) is 2. The van der Waals surface area contributed by atoms with Gasteiger partial charge in [-0.15, -0.1) is 24.0 Å². The molecule has 19 heavy (non-hydrogen) atoms. The van der Waals surface area contributed by atoms with E-state index in [1.54, 1.807) is 21.3 Å². The van der Waals surface area contributed by atoms with Gasteiger partial charge in [0.05, 0.1) is 19.8 Å². The molecule has 0 spiro atoms. The normalized spacial score (nSPS) is 11.0. The topological polar surface area (TPSA) is 64.1 Å². The van der Waals surface area contributed by atoms with E-state index >= 15 is 0 Å². The average molecular weight is 389 g/mol. The number of nitrogens with one attached hydrogen (secondary N) is 2. The van der Waals surface area contributed by atoms with Crippen LogP contribution < -0.4 is 10.6 Å². The molecule has 0 aliphatic rings. The molecule has 0 aliphatic heterocycles. The van der Waals surface area contributed by atoms with Crippen molar-refractivity contribution >= 4 is 29.9 Å². The Morgan fingerprint density at radius 2 is 1.58 bits per heavy atom. The van der Waals surface area contributed by atoms with E-state index in [-0.39, 0.29) is 24.0 Å². The number of nitrogens with zero attached hydrogens (tertiary/aromatic N) is 1. The van der Waals surface area contributed by atoms with Crippen molar-refractivity contribution in [3.8, 4) is 0 Å². The number of halogens is 1. The molecule has 0 fully saturated rings. The van der Waals surface area contributed by atoms with E-state index in [4.69, 9.17) is 14.2 Å². The number of guanidine groups is 1. The molecule has 0 aromatic heterocycles. The number of rotatable bonds is 11. The molecule has 0 rings (SSSR count). The monoisotopic (exact) mass is 389 g/mol. The molecule has 0 heterocycles. The van der Waals surface area contributed by atoms with E-state index in [0.29, 0.717) is 19.8 Å². The first-order valence-corrected chi connectivity index (χ1v) is 6.35. The minimum atomic E-state index is 0. The summed E-state index contributed by atoms with van der Waals surface area (Å²) in [4.78, 5) is 4.11. The maximum absolute atomic E-state index is 5.37. The van der Waals surface area contributed by atoms with E-state index in [2.05, 4.69) is 15.6 Å². The second kappa shape index (κ2) is 17.9. The summed E-state index contributed by atoms with van der Waals surface area (Å²) >= 11 is 0. The second-order valence-corrected chi connectivity index (χ2v) is 3.73. The van der Waals surface area contributed by atoms with Crippen molar-refractivity contribution in [1.82, 2.24) is 10.6 Å². The van der Waals surface area contributed by atoms with Crippen LogP contribution in [0.4, 0.5) is 0 Å². The van der Waals surface area contributed by atoms with Crippen LogP contribution in [0.25, 0.3) is 0 Å². The van der Waals surface area contributed by atoms with E-state index in [1.807, 2.05) is 0 Å². The number of aliphatic imine (C=N–C) groups is 1. The SMILES string of the molecule is CN=C(NCCCCOCCOC)NCCOC.I. The highest BCUT2D eigenvalue weighted by Crippen LogP contribution is 1.88.